The molecule has 0 unspecified atom stereocenters. The molecule has 0 spiro atoms. The molecular formula is C21H29N5O3. The zero-order chi connectivity index (χ0) is 20.6. The van der Waals surface area contributed by atoms with Crippen molar-refractivity contribution in [2.45, 2.75) is 13.3 Å². The predicted octanol–water partition coefficient (Wildman–Crippen LogP) is 1.09. The van der Waals surface area contributed by atoms with Crippen LogP contribution in [-0.4, -0.2) is 84.4 Å². The number of hydrogen-bond donors (Lipinski definition) is 1. The van der Waals surface area contributed by atoms with Gasteiger partial charge >= 0.3 is 0 Å². The van der Waals surface area contributed by atoms with E-state index in [1.807, 2.05) is 48.2 Å². The highest BCUT2D eigenvalue weighted by molar-refractivity contribution is 5.92. The van der Waals surface area contributed by atoms with Gasteiger partial charge in [-0.25, -0.2) is 4.68 Å². The number of amides is 2. The van der Waals surface area contributed by atoms with E-state index in [4.69, 9.17) is 4.74 Å². The maximum absolute atomic E-state index is 12.9. The lowest BCUT2D eigenvalue weighted by Gasteiger charge is -2.33. The fraction of sp³-hybridized carbons (Fsp3) is 0.476. The van der Waals surface area contributed by atoms with Gasteiger partial charge in [0.2, 0.25) is 5.91 Å². The van der Waals surface area contributed by atoms with E-state index in [1.54, 1.807) is 11.8 Å². The number of hydrogen-bond acceptors (Lipinski definition) is 5. The van der Waals surface area contributed by atoms with Crippen LogP contribution in [0.2, 0.25) is 0 Å². The Morgan fingerprint density at radius 1 is 1.14 bits per heavy atom. The summed E-state index contributed by atoms with van der Waals surface area (Å²) in [5.41, 5.74) is 2.31. The summed E-state index contributed by atoms with van der Waals surface area (Å²) in [5, 5.41) is 7.40. The Balaban J connectivity index is 1.50. The van der Waals surface area contributed by atoms with Gasteiger partial charge in [-0.1, -0.05) is 18.2 Å². The van der Waals surface area contributed by atoms with Crippen molar-refractivity contribution in [2.24, 2.45) is 0 Å². The minimum atomic E-state index is -0.0635. The van der Waals surface area contributed by atoms with Crippen molar-refractivity contribution in [3.63, 3.8) is 0 Å². The molecule has 0 saturated carbocycles. The molecule has 1 aromatic carbocycles. The number of nitrogens with zero attached hydrogens (tertiary/aromatic N) is 4. The van der Waals surface area contributed by atoms with Crippen molar-refractivity contribution >= 4 is 11.8 Å². The van der Waals surface area contributed by atoms with Crippen LogP contribution >= 0.6 is 0 Å². The topological polar surface area (TPSA) is 79.7 Å². The lowest BCUT2D eigenvalue weighted by Crippen LogP contribution is -2.51. The van der Waals surface area contributed by atoms with Gasteiger partial charge in [0.1, 0.15) is 0 Å². The molecule has 2 amide bonds. The number of methoxy groups -OCH3 is 1. The summed E-state index contributed by atoms with van der Waals surface area (Å²) in [5.74, 6) is -0.0513. The molecule has 3 rings (SSSR count). The minimum absolute atomic E-state index is 0.0121. The lowest BCUT2D eigenvalue weighted by atomic mass is 10.2. The third kappa shape index (κ3) is 5.65. The smallest absolute Gasteiger partial charge is 0.274 e. The molecule has 1 fully saturated rings. The number of carbonyl (C=O) groups is 2. The molecule has 0 atom stereocenters. The van der Waals surface area contributed by atoms with Crippen molar-refractivity contribution in [2.75, 3.05) is 53.0 Å². The van der Waals surface area contributed by atoms with Crippen LogP contribution in [-0.2, 0) is 9.53 Å². The van der Waals surface area contributed by atoms with Gasteiger partial charge < -0.3 is 15.0 Å². The van der Waals surface area contributed by atoms with Crippen LogP contribution in [0, 0.1) is 6.92 Å². The minimum Gasteiger partial charge on any atom is -0.385 e. The highest BCUT2D eigenvalue weighted by atomic mass is 16.5. The van der Waals surface area contributed by atoms with Crippen LogP contribution in [0.25, 0.3) is 5.69 Å². The summed E-state index contributed by atoms with van der Waals surface area (Å²) in [6.45, 7) is 6.09. The Hall–Kier alpha value is -2.71. The molecule has 8 heteroatoms. The van der Waals surface area contributed by atoms with Crippen molar-refractivity contribution in [3.8, 4) is 5.69 Å². The molecule has 29 heavy (non-hydrogen) atoms. The van der Waals surface area contributed by atoms with E-state index in [0.29, 0.717) is 51.6 Å². The number of para-hydroxylation sites is 1. The zero-order valence-corrected chi connectivity index (χ0v) is 17.1. The average Bonchev–Trinajstić information content (AvgIpc) is 3.13. The molecule has 0 bridgehead atoms. The SMILES string of the molecule is COCCCNC(=O)CN1CCN(C(=O)c2cc(C)n(-c3ccccc3)n2)CC1. The second kappa shape index (κ2) is 10.2. The molecular weight excluding hydrogens is 370 g/mol. The molecule has 0 aliphatic carbocycles. The van der Waals surface area contributed by atoms with E-state index >= 15 is 0 Å². The molecule has 2 heterocycles. The van der Waals surface area contributed by atoms with Gasteiger partial charge in [0, 0.05) is 52.1 Å². The molecule has 0 radical (unpaired) electrons. The largest absolute Gasteiger partial charge is 0.385 e. The predicted molar refractivity (Wildman–Crippen MR) is 110 cm³/mol. The number of aromatic nitrogens is 2. The summed E-state index contributed by atoms with van der Waals surface area (Å²) in [7, 11) is 1.65. The van der Waals surface area contributed by atoms with Gasteiger partial charge in [-0.3, -0.25) is 14.5 Å². The molecule has 8 nitrogen and oxygen atoms in total. The Kier molecular flexibility index (Phi) is 7.37. The number of nitrogens with one attached hydrogen (secondary N) is 1. The lowest BCUT2D eigenvalue weighted by molar-refractivity contribution is -0.122. The first kappa shape index (κ1) is 21.0. The Labute approximate surface area is 171 Å². The maximum atomic E-state index is 12.9. The number of ether oxygens (including phenoxy) is 1. The Morgan fingerprint density at radius 3 is 2.55 bits per heavy atom. The van der Waals surface area contributed by atoms with Crippen LogP contribution in [0.3, 0.4) is 0 Å². The van der Waals surface area contributed by atoms with Crippen LogP contribution in [0.4, 0.5) is 0 Å². The normalized spacial score (nSPS) is 14.8. The van der Waals surface area contributed by atoms with Gasteiger partial charge in [0.15, 0.2) is 5.69 Å². The first-order chi connectivity index (χ1) is 14.1. The Morgan fingerprint density at radius 2 is 1.86 bits per heavy atom. The van der Waals surface area contributed by atoms with Crippen molar-refractivity contribution in [1.82, 2.24) is 24.9 Å². The van der Waals surface area contributed by atoms with Crippen LogP contribution in [0.5, 0.6) is 0 Å². The van der Waals surface area contributed by atoms with Crippen molar-refractivity contribution in [1.29, 1.82) is 0 Å². The first-order valence-corrected chi connectivity index (χ1v) is 9.98. The maximum Gasteiger partial charge on any atom is 0.274 e. The zero-order valence-electron chi connectivity index (χ0n) is 17.1. The number of rotatable bonds is 8. The second-order valence-corrected chi connectivity index (χ2v) is 7.18. The van der Waals surface area contributed by atoms with Gasteiger partial charge in [-0.15, -0.1) is 0 Å². The molecule has 1 aliphatic rings. The van der Waals surface area contributed by atoms with E-state index in [2.05, 4.69) is 15.3 Å². The Bertz CT molecular complexity index is 813. The monoisotopic (exact) mass is 399 g/mol. The van der Waals surface area contributed by atoms with Crippen molar-refractivity contribution in [3.05, 3.63) is 47.8 Å². The summed E-state index contributed by atoms with van der Waals surface area (Å²) < 4.78 is 6.76. The standard InChI is InChI=1S/C21H29N5O3/c1-17-15-19(23-26(17)18-7-4-3-5-8-18)21(28)25-12-10-24(11-13-25)16-20(27)22-9-6-14-29-2/h3-5,7-8,15H,6,9-14,16H2,1-2H3,(H,22,27). The van der Waals surface area contributed by atoms with E-state index in [0.717, 1.165) is 17.8 Å². The molecule has 2 aromatic rings. The van der Waals surface area contributed by atoms with Crippen LogP contribution in [0.15, 0.2) is 36.4 Å². The molecule has 156 valence electrons. The van der Waals surface area contributed by atoms with Gasteiger partial charge in [-0.05, 0) is 31.5 Å². The third-order valence-corrected chi connectivity index (χ3v) is 4.98. The van der Waals surface area contributed by atoms with Gasteiger partial charge in [0.25, 0.3) is 5.91 Å². The highest BCUT2D eigenvalue weighted by Crippen LogP contribution is 2.14. The summed E-state index contributed by atoms with van der Waals surface area (Å²) in [4.78, 5) is 28.8. The van der Waals surface area contributed by atoms with Crippen molar-refractivity contribution < 1.29 is 14.3 Å². The number of aryl methyl sites for hydroxylation is 1. The summed E-state index contributed by atoms with van der Waals surface area (Å²) >= 11 is 0. The third-order valence-electron chi connectivity index (χ3n) is 4.98. The van der Waals surface area contributed by atoms with Crippen LogP contribution in [0.1, 0.15) is 22.6 Å². The number of carbonyl (C=O) groups excluding carboxylic acids is 2. The van der Waals surface area contributed by atoms with Crippen LogP contribution < -0.4 is 5.32 Å². The first-order valence-electron chi connectivity index (χ1n) is 9.98. The van der Waals surface area contributed by atoms with E-state index in [-0.39, 0.29) is 11.8 Å². The fourth-order valence-corrected chi connectivity index (χ4v) is 3.38. The van der Waals surface area contributed by atoms with Gasteiger partial charge in [0.05, 0.1) is 12.2 Å². The van der Waals surface area contributed by atoms with E-state index in [1.165, 1.54) is 0 Å². The van der Waals surface area contributed by atoms with Gasteiger partial charge in [-0.2, -0.15) is 5.10 Å². The summed E-state index contributed by atoms with van der Waals surface area (Å²) in [6.07, 6.45) is 0.805. The van der Waals surface area contributed by atoms with E-state index in [9.17, 15) is 9.59 Å². The highest BCUT2D eigenvalue weighted by Gasteiger charge is 2.25. The number of piperazine rings is 1. The molecule has 1 N–H and O–H groups in total. The fourth-order valence-electron chi connectivity index (χ4n) is 3.38. The quantitative estimate of drug-likeness (QED) is 0.673. The summed E-state index contributed by atoms with van der Waals surface area (Å²) in [6, 6.07) is 11.6. The van der Waals surface area contributed by atoms with E-state index < -0.39 is 0 Å². The average molecular weight is 399 g/mol. The molecule has 1 saturated heterocycles. The second-order valence-electron chi connectivity index (χ2n) is 7.18. The molecule has 1 aliphatic heterocycles. The number of benzene rings is 1. The molecule has 1 aromatic heterocycles.